The fourth-order valence-electron chi connectivity index (χ4n) is 3.30. The maximum Gasteiger partial charge on any atom is 0.267 e. The number of aromatic nitrogens is 2. The fraction of sp³-hybridized carbons (Fsp3) is 0.227. The molecule has 29 heavy (non-hydrogen) atoms. The second-order valence-corrected chi connectivity index (χ2v) is 7.48. The van der Waals surface area contributed by atoms with Gasteiger partial charge in [-0.15, -0.1) is 17.5 Å². The zero-order chi connectivity index (χ0) is 19.2. The van der Waals surface area contributed by atoms with Crippen LogP contribution >= 0.6 is 23.9 Å². The molecule has 2 heterocycles. The minimum atomic E-state index is 0. The number of halogens is 1. The molecule has 1 aliphatic rings. The molecule has 0 saturated carbocycles. The van der Waals surface area contributed by atoms with Gasteiger partial charge in [-0.2, -0.15) is 0 Å². The van der Waals surface area contributed by atoms with Crippen LogP contribution in [-0.2, 0) is 0 Å². The summed E-state index contributed by atoms with van der Waals surface area (Å²) >= 11 is 1.18. The molecule has 0 aliphatic carbocycles. The molecule has 0 spiro atoms. The molecule has 0 unspecified atom stereocenters. The average molecular weight is 427 g/mol. The summed E-state index contributed by atoms with van der Waals surface area (Å²) in [6, 6.07) is 20.1. The molecule has 150 valence electrons. The van der Waals surface area contributed by atoms with Gasteiger partial charge < -0.3 is 4.90 Å². The lowest BCUT2D eigenvalue weighted by Gasteiger charge is -2.33. The fourth-order valence-corrected chi connectivity index (χ4v) is 3.95. The van der Waals surface area contributed by atoms with E-state index in [1.165, 1.54) is 17.1 Å². The predicted octanol–water partition coefficient (Wildman–Crippen LogP) is 4.10. The smallest absolute Gasteiger partial charge is 0.267 e. The third-order valence-electron chi connectivity index (χ3n) is 4.86. The van der Waals surface area contributed by atoms with Gasteiger partial charge in [0, 0.05) is 38.3 Å². The molecule has 0 radical (unpaired) electrons. The summed E-state index contributed by atoms with van der Waals surface area (Å²) in [5, 5.41) is 4.19. The van der Waals surface area contributed by atoms with E-state index in [2.05, 4.69) is 38.8 Å². The van der Waals surface area contributed by atoms with Gasteiger partial charge in [-0.1, -0.05) is 77.3 Å². The van der Waals surface area contributed by atoms with Crippen molar-refractivity contribution in [2.24, 2.45) is 0 Å². The summed E-state index contributed by atoms with van der Waals surface area (Å²) in [6.45, 7) is 4.10. The Morgan fingerprint density at radius 1 is 0.966 bits per heavy atom. The van der Waals surface area contributed by atoms with Gasteiger partial charge in [-0.3, -0.25) is 9.69 Å². The van der Waals surface area contributed by atoms with E-state index in [4.69, 9.17) is 0 Å². The molecule has 5 nitrogen and oxygen atoms in total. The number of amides is 1. The highest BCUT2D eigenvalue weighted by Gasteiger charge is 2.26. The van der Waals surface area contributed by atoms with Crippen LogP contribution in [0.1, 0.15) is 15.2 Å². The van der Waals surface area contributed by atoms with Crippen molar-refractivity contribution >= 4 is 35.9 Å². The van der Waals surface area contributed by atoms with E-state index < -0.39 is 0 Å². The molecule has 1 aliphatic heterocycles. The SMILES string of the molecule is Cl.O=C(c1snnc1-c1ccccc1)N1CCN(CC=Cc2ccccc2)CC1. The molecule has 7 heteroatoms. The van der Waals surface area contributed by atoms with E-state index in [9.17, 15) is 4.79 Å². The number of carbonyl (C=O) groups excluding carboxylic acids is 1. The Kier molecular flexibility index (Phi) is 7.52. The maximum absolute atomic E-state index is 13.0. The van der Waals surface area contributed by atoms with Crippen LogP contribution in [0.25, 0.3) is 17.3 Å². The molecule has 4 rings (SSSR count). The van der Waals surface area contributed by atoms with Crippen LogP contribution in [0.15, 0.2) is 66.7 Å². The van der Waals surface area contributed by atoms with E-state index in [1.54, 1.807) is 0 Å². The number of nitrogens with zero attached hydrogens (tertiary/aromatic N) is 4. The highest BCUT2D eigenvalue weighted by Crippen LogP contribution is 2.25. The van der Waals surface area contributed by atoms with Gasteiger partial charge in [-0.25, -0.2) is 0 Å². The van der Waals surface area contributed by atoms with Gasteiger partial charge in [0.25, 0.3) is 5.91 Å². The normalized spacial score (nSPS) is 14.7. The minimum Gasteiger partial charge on any atom is -0.335 e. The van der Waals surface area contributed by atoms with Crippen molar-refractivity contribution in [3.8, 4) is 11.3 Å². The Morgan fingerprint density at radius 3 is 2.31 bits per heavy atom. The number of carbonyl (C=O) groups is 1. The quantitative estimate of drug-likeness (QED) is 0.616. The first kappa shape index (κ1) is 21.2. The summed E-state index contributed by atoms with van der Waals surface area (Å²) < 4.78 is 4.02. The number of hydrogen-bond acceptors (Lipinski definition) is 5. The number of benzene rings is 2. The lowest BCUT2D eigenvalue weighted by molar-refractivity contribution is 0.0655. The average Bonchev–Trinajstić information content (AvgIpc) is 3.25. The van der Waals surface area contributed by atoms with Crippen LogP contribution in [-0.4, -0.2) is 58.0 Å². The molecular formula is C22H23ClN4OS. The summed E-state index contributed by atoms with van der Waals surface area (Å²) in [5.41, 5.74) is 2.83. The Morgan fingerprint density at radius 2 is 1.62 bits per heavy atom. The van der Waals surface area contributed by atoms with Crippen molar-refractivity contribution < 1.29 is 4.79 Å². The Labute approximate surface area is 181 Å². The van der Waals surface area contributed by atoms with Crippen molar-refractivity contribution in [3.63, 3.8) is 0 Å². The third-order valence-corrected chi connectivity index (χ3v) is 5.58. The maximum atomic E-state index is 13.0. The molecule has 2 aromatic carbocycles. The number of rotatable bonds is 5. The van der Waals surface area contributed by atoms with E-state index >= 15 is 0 Å². The topological polar surface area (TPSA) is 49.3 Å². The minimum absolute atomic E-state index is 0. The molecule has 1 aromatic heterocycles. The van der Waals surface area contributed by atoms with Gasteiger partial charge in [0.15, 0.2) is 0 Å². The second-order valence-electron chi connectivity index (χ2n) is 6.72. The predicted molar refractivity (Wildman–Crippen MR) is 120 cm³/mol. The summed E-state index contributed by atoms with van der Waals surface area (Å²) in [7, 11) is 0. The van der Waals surface area contributed by atoms with Crippen LogP contribution < -0.4 is 0 Å². The number of piperazine rings is 1. The van der Waals surface area contributed by atoms with Crippen molar-refractivity contribution in [1.29, 1.82) is 0 Å². The third kappa shape index (κ3) is 5.29. The lowest BCUT2D eigenvalue weighted by atomic mass is 10.1. The molecule has 1 fully saturated rings. The first-order valence-electron chi connectivity index (χ1n) is 9.42. The lowest BCUT2D eigenvalue weighted by Crippen LogP contribution is -2.48. The summed E-state index contributed by atoms with van der Waals surface area (Å²) in [4.78, 5) is 17.9. The van der Waals surface area contributed by atoms with E-state index in [-0.39, 0.29) is 18.3 Å². The molecule has 0 N–H and O–H groups in total. The molecule has 1 saturated heterocycles. The van der Waals surface area contributed by atoms with E-state index in [0.717, 1.165) is 38.3 Å². The van der Waals surface area contributed by atoms with Crippen molar-refractivity contribution in [2.75, 3.05) is 32.7 Å². The van der Waals surface area contributed by atoms with Gasteiger partial charge in [0.2, 0.25) is 0 Å². The van der Waals surface area contributed by atoms with Crippen molar-refractivity contribution in [2.45, 2.75) is 0 Å². The molecular weight excluding hydrogens is 404 g/mol. The van der Waals surface area contributed by atoms with Crippen LogP contribution in [0, 0.1) is 0 Å². The first-order chi connectivity index (χ1) is 13.8. The zero-order valence-electron chi connectivity index (χ0n) is 16.0. The standard InChI is InChI=1S/C22H22N4OS.ClH/c27-22(21-20(23-24-28-21)19-11-5-2-6-12-19)26-16-14-25(15-17-26)13-7-10-18-8-3-1-4-9-18;/h1-12H,13-17H2;1H. The molecule has 0 bridgehead atoms. The zero-order valence-corrected chi connectivity index (χ0v) is 17.6. The van der Waals surface area contributed by atoms with Gasteiger partial charge in [0.05, 0.1) is 0 Å². The highest BCUT2D eigenvalue weighted by atomic mass is 35.5. The van der Waals surface area contributed by atoms with E-state index in [0.29, 0.717) is 10.6 Å². The van der Waals surface area contributed by atoms with Crippen LogP contribution in [0.2, 0.25) is 0 Å². The second kappa shape index (κ2) is 10.3. The van der Waals surface area contributed by atoms with Crippen LogP contribution in [0.3, 0.4) is 0 Å². The van der Waals surface area contributed by atoms with Gasteiger partial charge >= 0.3 is 0 Å². The molecule has 3 aromatic rings. The summed E-state index contributed by atoms with van der Waals surface area (Å²) in [6.07, 6.45) is 4.33. The molecule has 0 atom stereocenters. The Hall–Kier alpha value is -2.54. The van der Waals surface area contributed by atoms with Crippen molar-refractivity contribution in [3.05, 3.63) is 77.2 Å². The largest absolute Gasteiger partial charge is 0.335 e. The first-order valence-corrected chi connectivity index (χ1v) is 10.2. The Bertz CT molecular complexity index is 938. The van der Waals surface area contributed by atoms with E-state index in [1.807, 2.05) is 53.4 Å². The van der Waals surface area contributed by atoms with Gasteiger partial charge in [-0.05, 0) is 17.1 Å². The van der Waals surface area contributed by atoms with Crippen molar-refractivity contribution in [1.82, 2.24) is 19.4 Å². The highest BCUT2D eigenvalue weighted by molar-refractivity contribution is 7.08. The monoisotopic (exact) mass is 426 g/mol. The Balaban J connectivity index is 0.00000240. The summed E-state index contributed by atoms with van der Waals surface area (Å²) in [5.74, 6) is 0.0355. The molecule has 1 amide bonds. The van der Waals surface area contributed by atoms with Crippen LogP contribution in [0.5, 0.6) is 0 Å². The van der Waals surface area contributed by atoms with Gasteiger partial charge in [0.1, 0.15) is 10.6 Å². The number of hydrogen-bond donors (Lipinski definition) is 0. The van der Waals surface area contributed by atoms with Crippen LogP contribution in [0.4, 0.5) is 0 Å².